The molecule has 1 aromatic carbocycles. The molecule has 0 amide bonds. The molecule has 0 atom stereocenters. The maximum absolute atomic E-state index is 12.5. The van der Waals surface area contributed by atoms with Gasteiger partial charge in [-0.2, -0.15) is 0 Å². The summed E-state index contributed by atoms with van der Waals surface area (Å²) in [6.45, 7) is 4.34. The molecule has 2 N–H and O–H groups in total. The van der Waals surface area contributed by atoms with Crippen LogP contribution >= 0.6 is 11.6 Å². The molecule has 0 saturated carbocycles. The van der Waals surface area contributed by atoms with Crippen LogP contribution < -0.4 is 14.8 Å². The Labute approximate surface area is 174 Å². The Morgan fingerprint density at radius 3 is 2.62 bits per heavy atom. The van der Waals surface area contributed by atoms with Crippen LogP contribution in [0.3, 0.4) is 0 Å². The molecule has 0 aliphatic heterocycles. The molecule has 11 heteroatoms. The van der Waals surface area contributed by atoms with Crippen molar-refractivity contribution in [1.82, 2.24) is 24.2 Å². The highest BCUT2D eigenvalue weighted by atomic mass is 35.5. The molecule has 2 heterocycles. The fraction of sp³-hybridized carbons (Fsp3) is 0.278. The minimum atomic E-state index is -3.78. The minimum absolute atomic E-state index is 0.0113. The second-order valence-corrected chi connectivity index (χ2v) is 8.34. The number of halogens is 1. The number of imidazole rings is 1. The van der Waals surface area contributed by atoms with E-state index in [1.165, 1.54) is 25.6 Å². The zero-order chi connectivity index (χ0) is 21.0. The van der Waals surface area contributed by atoms with Gasteiger partial charge in [-0.15, -0.1) is 0 Å². The van der Waals surface area contributed by atoms with E-state index in [1.54, 1.807) is 18.5 Å². The normalized spacial score (nSPS) is 11.4. The topological polar surface area (TPSA) is 111 Å². The summed E-state index contributed by atoms with van der Waals surface area (Å²) < 4.78 is 34.6. The fourth-order valence-electron chi connectivity index (χ4n) is 2.62. The lowest BCUT2D eigenvalue weighted by atomic mass is 10.3. The summed E-state index contributed by atoms with van der Waals surface area (Å²) >= 11 is 5.92. The van der Waals surface area contributed by atoms with Crippen LogP contribution in [0, 0.1) is 13.8 Å². The molecule has 3 aromatic rings. The Bertz CT molecular complexity index is 1120. The number of aryl methyl sites for hydroxylation is 1. The Balaban J connectivity index is 1.63. The number of hydrogen-bond donors (Lipinski definition) is 2. The standard InChI is InChI=1S/C18H21ClN6O3S/c1-12-13(2)25(11-23-12)18-9-17(21-10-22-18)20-6-7-24-29(26,27)16-8-14(19)4-5-15(16)28-3/h4-5,8-11,24H,6-7H2,1-3H3,(H,20,21,22). The van der Waals surface area contributed by atoms with Gasteiger partial charge in [0.1, 0.15) is 34.9 Å². The third-order valence-corrected chi connectivity index (χ3v) is 6.01. The molecule has 0 saturated heterocycles. The maximum atomic E-state index is 12.5. The van der Waals surface area contributed by atoms with Crippen molar-refractivity contribution in [3.05, 3.63) is 53.3 Å². The van der Waals surface area contributed by atoms with Crippen molar-refractivity contribution in [2.75, 3.05) is 25.5 Å². The van der Waals surface area contributed by atoms with E-state index in [-0.39, 0.29) is 17.2 Å². The molecule has 0 aliphatic rings. The summed E-state index contributed by atoms with van der Waals surface area (Å²) in [6, 6.07) is 6.19. The number of nitrogens with zero attached hydrogens (tertiary/aromatic N) is 4. The van der Waals surface area contributed by atoms with E-state index in [0.717, 1.165) is 11.4 Å². The van der Waals surface area contributed by atoms with Crippen LogP contribution in [0.25, 0.3) is 5.82 Å². The van der Waals surface area contributed by atoms with Crippen molar-refractivity contribution < 1.29 is 13.2 Å². The average Bonchev–Trinajstić information content (AvgIpc) is 3.04. The third-order valence-electron chi connectivity index (χ3n) is 4.29. The van der Waals surface area contributed by atoms with Gasteiger partial charge in [-0.25, -0.2) is 28.1 Å². The number of hydrogen-bond acceptors (Lipinski definition) is 7. The predicted octanol–water partition coefficient (Wildman–Crippen LogP) is 2.33. The Morgan fingerprint density at radius 2 is 1.93 bits per heavy atom. The summed E-state index contributed by atoms with van der Waals surface area (Å²) in [5, 5.41) is 3.38. The summed E-state index contributed by atoms with van der Waals surface area (Å²) in [5.41, 5.74) is 1.90. The summed E-state index contributed by atoms with van der Waals surface area (Å²) in [6.07, 6.45) is 3.14. The molecule has 0 unspecified atom stereocenters. The largest absolute Gasteiger partial charge is 0.495 e. The summed E-state index contributed by atoms with van der Waals surface area (Å²) in [5.74, 6) is 1.46. The van der Waals surface area contributed by atoms with Gasteiger partial charge in [0.2, 0.25) is 10.0 Å². The van der Waals surface area contributed by atoms with E-state index < -0.39 is 10.0 Å². The van der Waals surface area contributed by atoms with E-state index in [1.807, 2.05) is 18.4 Å². The quantitative estimate of drug-likeness (QED) is 0.521. The first-order valence-electron chi connectivity index (χ1n) is 8.72. The van der Waals surface area contributed by atoms with Crippen LogP contribution in [-0.2, 0) is 10.0 Å². The van der Waals surface area contributed by atoms with Crippen molar-refractivity contribution in [3.63, 3.8) is 0 Å². The molecule has 2 aromatic heterocycles. The molecule has 9 nitrogen and oxygen atoms in total. The van der Waals surface area contributed by atoms with Crippen LogP contribution in [0.15, 0.2) is 41.8 Å². The van der Waals surface area contributed by atoms with Crippen molar-refractivity contribution in [2.24, 2.45) is 0 Å². The number of rotatable bonds is 8. The van der Waals surface area contributed by atoms with Crippen LogP contribution in [-0.4, -0.2) is 48.1 Å². The molecule has 0 aliphatic carbocycles. The fourth-order valence-corrected chi connectivity index (χ4v) is 4.08. The molecule has 0 fully saturated rings. The molecular formula is C18H21ClN6O3S. The SMILES string of the molecule is COc1ccc(Cl)cc1S(=O)(=O)NCCNc1cc(-n2cnc(C)c2C)ncn1. The molecular weight excluding hydrogens is 416 g/mol. The van der Waals surface area contributed by atoms with Crippen molar-refractivity contribution in [2.45, 2.75) is 18.7 Å². The first-order chi connectivity index (χ1) is 13.8. The molecule has 0 spiro atoms. The number of anilines is 1. The van der Waals surface area contributed by atoms with Crippen LogP contribution in [0.2, 0.25) is 5.02 Å². The smallest absolute Gasteiger partial charge is 0.244 e. The van der Waals surface area contributed by atoms with E-state index >= 15 is 0 Å². The average molecular weight is 437 g/mol. The minimum Gasteiger partial charge on any atom is -0.495 e. The van der Waals surface area contributed by atoms with Gasteiger partial charge >= 0.3 is 0 Å². The number of ether oxygens (including phenoxy) is 1. The van der Waals surface area contributed by atoms with Gasteiger partial charge in [0, 0.05) is 29.9 Å². The van der Waals surface area contributed by atoms with Crippen LogP contribution in [0.5, 0.6) is 5.75 Å². The predicted molar refractivity (Wildman–Crippen MR) is 110 cm³/mol. The first kappa shape index (κ1) is 21.0. The van der Waals surface area contributed by atoms with Gasteiger partial charge in [0.05, 0.1) is 12.8 Å². The van der Waals surface area contributed by atoms with Gasteiger partial charge in [0.15, 0.2) is 0 Å². The number of benzene rings is 1. The lowest BCUT2D eigenvalue weighted by molar-refractivity contribution is 0.402. The Morgan fingerprint density at radius 1 is 1.14 bits per heavy atom. The highest BCUT2D eigenvalue weighted by Crippen LogP contribution is 2.26. The van der Waals surface area contributed by atoms with Gasteiger partial charge in [-0.05, 0) is 32.0 Å². The molecule has 0 radical (unpaired) electrons. The lowest BCUT2D eigenvalue weighted by Gasteiger charge is -2.12. The second-order valence-electron chi connectivity index (χ2n) is 6.17. The first-order valence-corrected chi connectivity index (χ1v) is 10.6. The summed E-state index contributed by atoms with van der Waals surface area (Å²) in [4.78, 5) is 12.7. The highest BCUT2D eigenvalue weighted by molar-refractivity contribution is 7.89. The van der Waals surface area contributed by atoms with Crippen molar-refractivity contribution in [3.8, 4) is 11.6 Å². The Kier molecular flexibility index (Phi) is 6.36. The monoisotopic (exact) mass is 436 g/mol. The molecule has 3 rings (SSSR count). The molecule has 0 bridgehead atoms. The number of nitrogens with one attached hydrogen (secondary N) is 2. The van der Waals surface area contributed by atoms with E-state index in [4.69, 9.17) is 16.3 Å². The van der Waals surface area contributed by atoms with Crippen LogP contribution in [0.1, 0.15) is 11.4 Å². The zero-order valence-corrected chi connectivity index (χ0v) is 17.8. The highest BCUT2D eigenvalue weighted by Gasteiger charge is 2.19. The van der Waals surface area contributed by atoms with Gasteiger partial charge in [0.25, 0.3) is 0 Å². The van der Waals surface area contributed by atoms with Gasteiger partial charge < -0.3 is 10.1 Å². The second kappa shape index (κ2) is 8.76. The molecule has 154 valence electrons. The third kappa shape index (κ3) is 4.84. The molecule has 29 heavy (non-hydrogen) atoms. The van der Waals surface area contributed by atoms with Crippen molar-refractivity contribution in [1.29, 1.82) is 0 Å². The van der Waals surface area contributed by atoms with Crippen LogP contribution in [0.4, 0.5) is 5.82 Å². The number of sulfonamides is 1. The summed E-state index contributed by atoms with van der Waals surface area (Å²) in [7, 11) is -2.38. The number of methoxy groups -OCH3 is 1. The van der Waals surface area contributed by atoms with Crippen molar-refractivity contribution >= 4 is 27.4 Å². The lowest BCUT2D eigenvalue weighted by Crippen LogP contribution is -2.29. The van der Waals surface area contributed by atoms with E-state index in [9.17, 15) is 8.42 Å². The zero-order valence-electron chi connectivity index (χ0n) is 16.2. The van der Waals surface area contributed by atoms with E-state index in [0.29, 0.717) is 23.2 Å². The van der Waals surface area contributed by atoms with E-state index in [2.05, 4.69) is 25.0 Å². The number of aromatic nitrogens is 4. The van der Waals surface area contributed by atoms with Gasteiger partial charge in [-0.1, -0.05) is 11.6 Å². The maximum Gasteiger partial charge on any atom is 0.244 e. The van der Waals surface area contributed by atoms with Gasteiger partial charge in [-0.3, -0.25) is 4.57 Å². The Hall–Kier alpha value is -2.69.